The Morgan fingerprint density at radius 3 is 2.77 bits per heavy atom. The van der Waals surface area contributed by atoms with Gasteiger partial charge in [-0.3, -0.25) is 4.99 Å². The second-order valence-corrected chi connectivity index (χ2v) is 7.32. The molecule has 2 heterocycles. The predicted octanol–water partition coefficient (Wildman–Crippen LogP) is 4.55. The Bertz CT molecular complexity index is 1190. The van der Waals surface area contributed by atoms with E-state index in [1.54, 1.807) is 35.4 Å². The van der Waals surface area contributed by atoms with Crippen molar-refractivity contribution in [3.8, 4) is 23.0 Å². The normalized spacial score (nSPS) is 12.0. The van der Waals surface area contributed by atoms with Crippen LogP contribution in [0.15, 0.2) is 86.8 Å². The highest BCUT2D eigenvalue weighted by Crippen LogP contribution is 2.26. The van der Waals surface area contributed by atoms with Crippen LogP contribution >= 0.6 is 11.3 Å². The van der Waals surface area contributed by atoms with Gasteiger partial charge in [-0.1, -0.05) is 30.3 Å². The number of aromatic hydroxyl groups is 1. The molecule has 0 saturated carbocycles. The van der Waals surface area contributed by atoms with E-state index in [-0.39, 0.29) is 5.75 Å². The maximum atomic E-state index is 9.79. The maximum absolute atomic E-state index is 9.79. The van der Waals surface area contributed by atoms with Crippen molar-refractivity contribution in [3.63, 3.8) is 0 Å². The summed E-state index contributed by atoms with van der Waals surface area (Å²) >= 11 is 1.51. The molecule has 4 aromatic rings. The number of ether oxygens (including phenoxy) is 1. The standard InChI is InChI=1S/C23H21N3O3S/c1-28-22-14-18(9-10-20(22)27)15-25-26-19(21-8-5-13-29-21)16-30-23(26)24-12-11-17-6-3-2-4-7-17/h2-10,13-16,27H,11-12H2,1H3. The monoisotopic (exact) mass is 419 g/mol. The van der Waals surface area contributed by atoms with Crippen molar-refractivity contribution in [2.24, 2.45) is 10.1 Å². The van der Waals surface area contributed by atoms with E-state index in [0.29, 0.717) is 12.3 Å². The Hall–Kier alpha value is -3.58. The fraction of sp³-hybridized carbons (Fsp3) is 0.130. The van der Waals surface area contributed by atoms with Crippen LogP contribution in [0, 0.1) is 0 Å². The van der Waals surface area contributed by atoms with Crippen LogP contribution < -0.4 is 9.54 Å². The second kappa shape index (κ2) is 9.28. The molecule has 30 heavy (non-hydrogen) atoms. The van der Waals surface area contributed by atoms with Crippen LogP contribution in [0.2, 0.25) is 0 Å². The Morgan fingerprint density at radius 2 is 2.00 bits per heavy atom. The first kappa shape index (κ1) is 19.7. The Morgan fingerprint density at radius 1 is 1.13 bits per heavy atom. The van der Waals surface area contributed by atoms with E-state index in [0.717, 1.165) is 28.2 Å². The number of thiazole rings is 1. The molecule has 7 heteroatoms. The number of hydrogen-bond acceptors (Lipinski definition) is 6. The molecule has 0 amide bonds. The lowest BCUT2D eigenvalue weighted by Crippen LogP contribution is -2.13. The van der Waals surface area contributed by atoms with E-state index in [9.17, 15) is 5.11 Å². The van der Waals surface area contributed by atoms with Crippen LogP contribution in [-0.4, -0.2) is 29.7 Å². The molecule has 0 aliphatic rings. The third kappa shape index (κ3) is 4.52. The van der Waals surface area contributed by atoms with Gasteiger partial charge in [0.15, 0.2) is 17.3 Å². The van der Waals surface area contributed by atoms with E-state index < -0.39 is 0 Å². The molecule has 4 rings (SSSR count). The van der Waals surface area contributed by atoms with Gasteiger partial charge in [-0.05, 0) is 47.9 Å². The minimum absolute atomic E-state index is 0.0886. The summed E-state index contributed by atoms with van der Waals surface area (Å²) in [5.74, 6) is 1.20. The number of aromatic nitrogens is 1. The molecule has 0 aliphatic heterocycles. The molecule has 0 bridgehead atoms. The number of phenolic OH excluding ortho intramolecular Hbond substituents is 1. The summed E-state index contributed by atoms with van der Waals surface area (Å²) in [7, 11) is 1.52. The molecule has 6 nitrogen and oxygen atoms in total. The van der Waals surface area contributed by atoms with E-state index in [1.807, 2.05) is 35.7 Å². The van der Waals surface area contributed by atoms with E-state index >= 15 is 0 Å². The van der Waals surface area contributed by atoms with E-state index in [4.69, 9.17) is 14.1 Å². The molecule has 0 saturated heterocycles. The number of phenols is 1. The van der Waals surface area contributed by atoms with Gasteiger partial charge in [-0.2, -0.15) is 5.10 Å². The van der Waals surface area contributed by atoms with Crippen LogP contribution in [0.1, 0.15) is 11.1 Å². The minimum Gasteiger partial charge on any atom is -0.504 e. The number of methoxy groups -OCH3 is 1. The van der Waals surface area contributed by atoms with E-state index in [2.05, 4.69) is 17.2 Å². The van der Waals surface area contributed by atoms with Gasteiger partial charge in [0.1, 0.15) is 5.69 Å². The highest BCUT2D eigenvalue weighted by Gasteiger charge is 2.10. The summed E-state index contributed by atoms with van der Waals surface area (Å²) in [6, 6.07) is 19.1. The third-order valence-electron chi connectivity index (χ3n) is 4.48. The number of rotatable bonds is 7. The van der Waals surface area contributed by atoms with Crippen LogP contribution in [0.25, 0.3) is 11.5 Å². The molecular formula is C23H21N3O3S. The van der Waals surface area contributed by atoms with Gasteiger partial charge in [0, 0.05) is 11.9 Å². The van der Waals surface area contributed by atoms with E-state index in [1.165, 1.54) is 24.0 Å². The molecule has 2 aromatic carbocycles. The quantitative estimate of drug-likeness (QED) is 0.447. The SMILES string of the molecule is COc1cc(C=Nn2c(-c3ccco3)csc2=NCCc2ccccc2)ccc1O. The predicted molar refractivity (Wildman–Crippen MR) is 118 cm³/mol. The van der Waals surface area contributed by atoms with Gasteiger partial charge < -0.3 is 14.3 Å². The summed E-state index contributed by atoms with van der Waals surface area (Å²) < 4.78 is 12.5. The van der Waals surface area contributed by atoms with Crippen molar-refractivity contribution < 1.29 is 14.3 Å². The lowest BCUT2D eigenvalue weighted by Gasteiger charge is -2.04. The Kier molecular flexibility index (Phi) is 6.10. The Labute approximate surface area is 178 Å². The summed E-state index contributed by atoms with van der Waals surface area (Å²) in [6.45, 7) is 0.657. The Balaban J connectivity index is 1.65. The molecule has 0 spiro atoms. The molecule has 0 aliphatic carbocycles. The number of hydrogen-bond donors (Lipinski definition) is 1. The van der Waals surface area contributed by atoms with Crippen molar-refractivity contribution in [1.29, 1.82) is 0 Å². The zero-order valence-electron chi connectivity index (χ0n) is 16.4. The van der Waals surface area contributed by atoms with Crippen molar-refractivity contribution in [2.75, 3.05) is 13.7 Å². The molecule has 0 atom stereocenters. The highest BCUT2D eigenvalue weighted by atomic mass is 32.1. The molecular weight excluding hydrogens is 398 g/mol. The van der Waals surface area contributed by atoms with Crippen molar-refractivity contribution in [2.45, 2.75) is 6.42 Å². The first-order valence-corrected chi connectivity index (χ1v) is 10.3. The van der Waals surface area contributed by atoms with Crippen molar-refractivity contribution in [3.05, 3.63) is 88.2 Å². The van der Waals surface area contributed by atoms with Gasteiger partial charge in [0.25, 0.3) is 0 Å². The topological polar surface area (TPSA) is 72.2 Å². The lowest BCUT2D eigenvalue weighted by atomic mass is 10.2. The first-order valence-electron chi connectivity index (χ1n) is 9.45. The van der Waals surface area contributed by atoms with Crippen molar-refractivity contribution in [1.82, 2.24) is 4.68 Å². The van der Waals surface area contributed by atoms with Gasteiger partial charge in [-0.25, -0.2) is 4.68 Å². The molecule has 2 aromatic heterocycles. The fourth-order valence-electron chi connectivity index (χ4n) is 2.94. The van der Waals surface area contributed by atoms with Crippen LogP contribution in [0.4, 0.5) is 0 Å². The highest BCUT2D eigenvalue weighted by molar-refractivity contribution is 7.07. The average molecular weight is 420 g/mol. The largest absolute Gasteiger partial charge is 0.504 e. The molecule has 152 valence electrons. The van der Waals surface area contributed by atoms with Gasteiger partial charge >= 0.3 is 0 Å². The van der Waals surface area contributed by atoms with Gasteiger partial charge in [0.05, 0.1) is 19.6 Å². The maximum Gasteiger partial charge on any atom is 0.206 e. The van der Waals surface area contributed by atoms with Crippen LogP contribution in [-0.2, 0) is 6.42 Å². The van der Waals surface area contributed by atoms with Crippen LogP contribution in [0.3, 0.4) is 0 Å². The smallest absolute Gasteiger partial charge is 0.206 e. The summed E-state index contributed by atoms with van der Waals surface area (Å²) in [6.07, 6.45) is 4.20. The summed E-state index contributed by atoms with van der Waals surface area (Å²) in [5.41, 5.74) is 2.87. The minimum atomic E-state index is 0.0886. The average Bonchev–Trinajstić information content (AvgIpc) is 3.44. The molecule has 1 N–H and O–H groups in total. The number of furan rings is 1. The molecule has 0 unspecified atom stereocenters. The zero-order valence-corrected chi connectivity index (χ0v) is 17.2. The lowest BCUT2D eigenvalue weighted by molar-refractivity contribution is 0.373. The zero-order chi connectivity index (χ0) is 20.8. The molecule has 0 radical (unpaired) electrons. The third-order valence-corrected chi connectivity index (χ3v) is 5.33. The number of benzene rings is 2. The fourth-order valence-corrected chi connectivity index (χ4v) is 3.78. The molecule has 0 fully saturated rings. The van der Waals surface area contributed by atoms with Gasteiger partial charge in [-0.15, -0.1) is 11.3 Å². The summed E-state index contributed by atoms with van der Waals surface area (Å²) in [4.78, 5) is 5.53. The van der Waals surface area contributed by atoms with Crippen LogP contribution in [0.5, 0.6) is 11.5 Å². The first-order chi connectivity index (χ1) is 14.7. The second-order valence-electron chi connectivity index (χ2n) is 6.49. The van der Waals surface area contributed by atoms with Crippen molar-refractivity contribution >= 4 is 17.6 Å². The summed E-state index contributed by atoms with van der Waals surface area (Å²) in [5, 5.41) is 16.4. The number of nitrogens with zero attached hydrogens (tertiary/aromatic N) is 3. The van der Waals surface area contributed by atoms with Gasteiger partial charge in [0.2, 0.25) is 4.80 Å².